The molecule has 3 aromatic rings. The number of nitriles is 1. The Bertz CT molecular complexity index is 1240. The fraction of sp³-hybridized carbons (Fsp3) is 0.280. The van der Waals surface area contributed by atoms with E-state index >= 15 is 0 Å². The quantitative estimate of drug-likeness (QED) is 0.571. The normalized spacial score (nSPS) is 10.6. The standard InChI is InChI=1S/C25H26N4O2S/c1-5-20-21(14-26)25(31)29(28-22(20)6-2)15-24(30)27-18-9-11-19(12-10-18)32-23-13-16(3)7-8-17(23)4/h7-13H,5-6,15H2,1-4H3,(H,27,30). The third-order valence-electron chi connectivity index (χ3n) is 5.14. The lowest BCUT2D eigenvalue weighted by Crippen LogP contribution is -2.33. The summed E-state index contributed by atoms with van der Waals surface area (Å²) in [6.45, 7) is 7.71. The number of amides is 1. The van der Waals surface area contributed by atoms with Crippen LogP contribution >= 0.6 is 11.8 Å². The Labute approximate surface area is 192 Å². The topological polar surface area (TPSA) is 87.8 Å². The monoisotopic (exact) mass is 446 g/mol. The van der Waals surface area contributed by atoms with Gasteiger partial charge in [0.25, 0.3) is 5.56 Å². The van der Waals surface area contributed by atoms with Crippen molar-refractivity contribution in [1.29, 1.82) is 5.26 Å². The zero-order valence-electron chi connectivity index (χ0n) is 18.7. The maximum atomic E-state index is 12.6. The molecule has 0 aliphatic rings. The minimum atomic E-state index is -0.531. The average Bonchev–Trinajstić information content (AvgIpc) is 2.78. The van der Waals surface area contributed by atoms with Crippen LogP contribution in [0.3, 0.4) is 0 Å². The molecule has 1 amide bonds. The first-order valence-corrected chi connectivity index (χ1v) is 11.4. The first kappa shape index (κ1) is 23.3. The molecule has 1 N–H and O–H groups in total. The van der Waals surface area contributed by atoms with Crippen molar-refractivity contribution < 1.29 is 4.79 Å². The van der Waals surface area contributed by atoms with Crippen LogP contribution in [0.15, 0.2) is 57.1 Å². The highest BCUT2D eigenvalue weighted by atomic mass is 32.2. The van der Waals surface area contributed by atoms with Gasteiger partial charge < -0.3 is 5.32 Å². The summed E-state index contributed by atoms with van der Waals surface area (Å²) in [7, 11) is 0. The van der Waals surface area contributed by atoms with E-state index in [1.54, 1.807) is 11.8 Å². The summed E-state index contributed by atoms with van der Waals surface area (Å²) in [5.41, 5.74) is 3.93. The highest BCUT2D eigenvalue weighted by Gasteiger charge is 2.17. The smallest absolute Gasteiger partial charge is 0.285 e. The van der Waals surface area contributed by atoms with Crippen LogP contribution in [0.25, 0.3) is 0 Å². The van der Waals surface area contributed by atoms with Crippen LogP contribution in [0.1, 0.15) is 41.8 Å². The molecular weight excluding hydrogens is 420 g/mol. The van der Waals surface area contributed by atoms with Crippen molar-refractivity contribution in [3.05, 3.63) is 80.8 Å². The molecule has 0 aliphatic carbocycles. The fourth-order valence-electron chi connectivity index (χ4n) is 3.43. The molecule has 1 heterocycles. The number of nitrogens with zero attached hydrogens (tertiary/aromatic N) is 3. The SMILES string of the molecule is CCc1nn(CC(=O)Nc2ccc(Sc3cc(C)ccc3C)cc2)c(=O)c(C#N)c1CC. The third-order valence-corrected chi connectivity index (χ3v) is 6.31. The Morgan fingerprint density at radius 3 is 2.47 bits per heavy atom. The Hall–Kier alpha value is -3.37. The Morgan fingerprint density at radius 1 is 1.12 bits per heavy atom. The van der Waals surface area contributed by atoms with Crippen molar-refractivity contribution in [2.24, 2.45) is 0 Å². The van der Waals surface area contributed by atoms with E-state index in [9.17, 15) is 14.9 Å². The zero-order chi connectivity index (χ0) is 23.3. The molecule has 0 unspecified atom stereocenters. The van der Waals surface area contributed by atoms with E-state index in [1.165, 1.54) is 16.0 Å². The molecule has 6 nitrogen and oxygen atoms in total. The lowest BCUT2D eigenvalue weighted by Gasteiger charge is -2.12. The summed E-state index contributed by atoms with van der Waals surface area (Å²) in [4.78, 5) is 27.4. The molecule has 0 atom stereocenters. The van der Waals surface area contributed by atoms with Gasteiger partial charge in [0, 0.05) is 15.5 Å². The number of carbonyl (C=O) groups is 1. The van der Waals surface area contributed by atoms with Crippen LogP contribution in [0, 0.1) is 25.2 Å². The van der Waals surface area contributed by atoms with Crippen molar-refractivity contribution in [3.63, 3.8) is 0 Å². The maximum Gasteiger partial charge on any atom is 0.285 e. The Morgan fingerprint density at radius 2 is 1.84 bits per heavy atom. The molecule has 32 heavy (non-hydrogen) atoms. The van der Waals surface area contributed by atoms with Crippen molar-refractivity contribution in [2.75, 3.05) is 5.32 Å². The number of benzene rings is 2. The largest absolute Gasteiger partial charge is 0.324 e. The van der Waals surface area contributed by atoms with Gasteiger partial charge in [0.1, 0.15) is 18.2 Å². The summed E-state index contributed by atoms with van der Waals surface area (Å²) in [6, 6.07) is 15.9. The van der Waals surface area contributed by atoms with Crippen molar-refractivity contribution in [1.82, 2.24) is 9.78 Å². The van der Waals surface area contributed by atoms with Gasteiger partial charge in [-0.05, 0) is 73.7 Å². The van der Waals surface area contributed by atoms with Gasteiger partial charge in [-0.1, -0.05) is 37.7 Å². The molecule has 0 aliphatic heterocycles. The molecule has 0 fully saturated rings. The number of aromatic nitrogens is 2. The lowest BCUT2D eigenvalue weighted by atomic mass is 10.0. The van der Waals surface area contributed by atoms with Crippen LogP contribution < -0.4 is 10.9 Å². The van der Waals surface area contributed by atoms with E-state index in [4.69, 9.17) is 0 Å². The summed E-state index contributed by atoms with van der Waals surface area (Å²) in [5.74, 6) is -0.371. The zero-order valence-corrected chi connectivity index (χ0v) is 19.5. The van der Waals surface area contributed by atoms with Crippen LogP contribution in [-0.4, -0.2) is 15.7 Å². The predicted octanol–water partition coefficient (Wildman–Crippen LogP) is 4.65. The number of aryl methyl sites for hydroxylation is 3. The molecule has 0 bridgehead atoms. The Kier molecular flexibility index (Phi) is 7.49. The molecule has 7 heteroatoms. The summed E-state index contributed by atoms with van der Waals surface area (Å²) in [5, 5.41) is 16.5. The minimum absolute atomic E-state index is 0.0694. The van der Waals surface area contributed by atoms with Gasteiger partial charge in [-0.3, -0.25) is 9.59 Å². The van der Waals surface area contributed by atoms with Crippen molar-refractivity contribution in [2.45, 2.75) is 56.9 Å². The van der Waals surface area contributed by atoms with Gasteiger partial charge in [-0.2, -0.15) is 10.4 Å². The molecule has 0 spiro atoms. The van der Waals surface area contributed by atoms with Crippen LogP contribution in [-0.2, 0) is 24.2 Å². The first-order valence-electron chi connectivity index (χ1n) is 10.5. The summed E-state index contributed by atoms with van der Waals surface area (Å²) >= 11 is 1.67. The van der Waals surface area contributed by atoms with Crippen LogP contribution in [0.4, 0.5) is 5.69 Å². The maximum absolute atomic E-state index is 12.6. The van der Waals surface area contributed by atoms with Gasteiger partial charge in [-0.25, -0.2) is 4.68 Å². The predicted molar refractivity (Wildman–Crippen MR) is 127 cm³/mol. The highest BCUT2D eigenvalue weighted by Crippen LogP contribution is 2.31. The van der Waals surface area contributed by atoms with Crippen molar-refractivity contribution >= 4 is 23.4 Å². The van der Waals surface area contributed by atoms with Gasteiger partial charge in [0.05, 0.1) is 5.69 Å². The third kappa shape index (κ3) is 5.27. The lowest BCUT2D eigenvalue weighted by molar-refractivity contribution is -0.117. The summed E-state index contributed by atoms with van der Waals surface area (Å²) in [6.07, 6.45) is 1.13. The second kappa shape index (κ2) is 10.3. The number of hydrogen-bond donors (Lipinski definition) is 1. The number of anilines is 1. The number of hydrogen-bond acceptors (Lipinski definition) is 5. The number of nitrogens with one attached hydrogen (secondary N) is 1. The van der Waals surface area contributed by atoms with Gasteiger partial charge in [-0.15, -0.1) is 0 Å². The fourth-order valence-corrected chi connectivity index (χ4v) is 4.43. The summed E-state index contributed by atoms with van der Waals surface area (Å²) < 4.78 is 1.08. The van der Waals surface area contributed by atoms with Crippen molar-refractivity contribution in [3.8, 4) is 6.07 Å². The van der Waals surface area contributed by atoms with E-state index < -0.39 is 5.56 Å². The first-order chi connectivity index (χ1) is 15.4. The molecule has 2 aromatic carbocycles. The number of carbonyl (C=O) groups excluding carboxylic acids is 1. The van der Waals surface area contributed by atoms with Gasteiger partial charge in [0.15, 0.2) is 0 Å². The second-order valence-corrected chi connectivity index (χ2v) is 8.64. The molecule has 164 valence electrons. The van der Waals surface area contributed by atoms with E-state index in [2.05, 4.69) is 42.5 Å². The Balaban J connectivity index is 1.72. The molecule has 0 radical (unpaired) electrons. The van der Waals surface area contributed by atoms with E-state index in [0.717, 1.165) is 9.58 Å². The minimum Gasteiger partial charge on any atom is -0.324 e. The van der Waals surface area contributed by atoms with Crippen LogP contribution in [0.2, 0.25) is 0 Å². The van der Waals surface area contributed by atoms with Gasteiger partial charge >= 0.3 is 0 Å². The molecule has 3 rings (SSSR count). The van der Waals surface area contributed by atoms with E-state index in [0.29, 0.717) is 29.8 Å². The molecule has 0 saturated heterocycles. The van der Waals surface area contributed by atoms with Gasteiger partial charge in [0.2, 0.25) is 5.91 Å². The van der Waals surface area contributed by atoms with E-state index in [-0.39, 0.29) is 18.0 Å². The van der Waals surface area contributed by atoms with E-state index in [1.807, 2.05) is 44.2 Å². The molecular formula is C25H26N4O2S. The highest BCUT2D eigenvalue weighted by molar-refractivity contribution is 7.99. The average molecular weight is 447 g/mol. The number of rotatable bonds is 7. The second-order valence-electron chi connectivity index (χ2n) is 7.53. The molecule has 0 saturated carbocycles. The van der Waals surface area contributed by atoms with Crippen LogP contribution in [0.5, 0.6) is 0 Å². The molecule has 1 aromatic heterocycles.